The minimum absolute atomic E-state index is 0.0169. The minimum atomic E-state index is -3.54. The van der Waals surface area contributed by atoms with Crippen molar-refractivity contribution in [2.24, 2.45) is 0 Å². The lowest BCUT2D eigenvalue weighted by Crippen LogP contribution is -2.26. The van der Waals surface area contributed by atoms with E-state index in [1.807, 2.05) is 22.6 Å². The Kier molecular flexibility index (Phi) is 5.27. The predicted molar refractivity (Wildman–Crippen MR) is 91.9 cm³/mol. The molecule has 0 saturated carbocycles. The molecule has 5 heteroatoms. The van der Waals surface area contributed by atoms with Gasteiger partial charge < -0.3 is 0 Å². The largest absolute Gasteiger partial charge is 0.329 e. The molecule has 0 aliphatic heterocycles. The first kappa shape index (κ1) is 16.3. The molecule has 2 aromatic carbocycles. The standard InChI is InChI=1S/C16H10BrF2IO/c17-13-8-6-12(7-9-13)15(21)16(18,19)10-14(20)11-4-2-1-3-5-11/h1-10H/b14-10+. The molecule has 0 aromatic heterocycles. The van der Waals surface area contributed by atoms with Crippen LogP contribution in [0.3, 0.4) is 0 Å². The van der Waals surface area contributed by atoms with Gasteiger partial charge in [-0.25, -0.2) is 0 Å². The normalized spacial score (nSPS) is 12.3. The number of alkyl halides is 2. The van der Waals surface area contributed by atoms with Gasteiger partial charge in [-0.3, -0.25) is 4.79 Å². The van der Waals surface area contributed by atoms with Crippen molar-refractivity contribution in [3.05, 3.63) is 76.3 Å². The van der Waals surface area contributed by atoms with Crippen LogP contribution in [-0.2, 0) is 0 Å². The Labute approximate surface area is 143 Å². The molecule has 0 heterocycles. The maximum absolute atomic E-state index is 14.1. The number of carbonyl (C=O) groups is 1. The van der Waals surface area contributed by atoms with Crippen molar-refractivity contribution in [3.8, 4) is 0 Å². The SMILES string of the molecule is O=C(c1ccc(Br)cc1)C(F)(F)/C=C(/I)c1ccccc1. The zero-order valence-electron chi connectivity index (χ0n) is 10.7. The second-order valence-electron chi connectivity index (χ2n) is 4.32. The van der Waals surface area contributed by atoms with Gasteiger partial charge in [-0.15, -0.1) is 0 Å². The number of ketones is 1. The van der Waals surface area contributed by atoms with Crippen molar-refractivity contribution in [2.75, 3.05) is 0 Å². The zero-order chi connectivity index (χ0) is 15.5. The quantitative estimate of drug-likeness (QED) is 0.418. The number of allylic oxidation sites excluding steroid dienone is 1. The van der Waals surface area contributed by atoms with Crippen LogP contribution in [-0.4, -0.2) is 11.7 Å². The highest BCUT2D eigenvalue weighted by molar-refractivity contribution is 14.1. The summed E-state index contributed by atoms with van der Waals surface area (Å²) in [5, 5.41) is 0. The van der Waals surface area contributed by atoms with Gasteiger partial charge in [-0.1, -0.05) is 58.4 Å². The monoisotopic (exact) mass is 462 g/mol. The average molecular weight is 463 g/mol. The summed E-state index contributed by atoms with van der Waals surface area (Å²) in [7, 11) is 0. The molecule has 0 radical (unpaired) electrons. The van der Waals surface area contributed by atoms with E-state index in [9.17, 15) is 13.6 Å². The van der Waals surface area contributed by atoms with E-state index in [2.05, 4.69) is 15.9 Å². The van der Waals surface area contributed by atoms with Gasteiger partial charge in [-0.05, 0) is 40.3 Å². The summed E-state index contributed by atoms with van der Waals surface area (Å²) in [6, 6.07) is 14.7. The summed E-state index contributed by atoms with van der Waals surface area (Å²) in [4.78, 5) is 11.9. The van der Waals surface area contributed by atoms with E-state index in [1.165, 1.54) is 12.1 Å². The molecular formula is C16H10BrF2IO. The van der Waals surface area contributed by atoms with E-state index < -0.39 is 11.7 Å². The van der Waals surface area contributed by atoms with E-state index in [0.717, 1.165) is 4.47 Å². The summed E-state index contributed by atoms with van der Waals surface area (Å²) in [6.07, 6.45) is 0.702. The Hall–Kier alpha value is -1.08. The van der Waals surface area contributed by atoms with Gasteiger partial charge in [0.15, 0.2) is 0 Å². The Bertz CT molecular complexity index is 666. The van der Waals surface area contributed by atoms with Crippen molar-refractivity contribution in [2.45, 2.75) is 5.92 Å². The van der Waals surface area contributed by atoms with E-state index in [-0.39, 0.29) is 5.56 Å². The molecule has 0 bridgehead atoms. The van der Waals surface area contributed by atoms with Gasteiger partial charge >= 0.3 is 5.92 Å². The van der Waals surface area contributed by atoms with Crippen LogP contribution >= 0.6 is 38.5 Å². The van der Waals surface area contributed by atoms with Crippen LogP contribution in [0.15, 0.2) is 65.1 Å². The first-order valence-corrected chi connectivity index (χ1v) is 7.89. The number of halogens is 4. The Morgan fingerprint density at radius 1 is 1.00 bits per heavy atom. The maximum atomic E-state index is 14.1. The number of carbonyl (C=O) groups excluding carboxylic acids is 1. The van der Waals surface area contributed by atoms with Crippen molar-refractivity contribution >= 4 is 47.9 Å². The molecule has 0 unspecified atom stereocenters. The topological polar surface area (TPSA) is 17.1 Å². The van der Waals surface area contributed by atoms with Gasteiger partial charge in [0.05, 0.1) is 0 Å². The Morgan fingerprint density at radius 3 is 2.14 bits per heavy atom. The first-order valence-electron chi connectivity index (χ1n) is 6.02. The van der Waals surface area contributed by atoms with Crippen molar-refractivity contribution < 1.29 is 13.6 Å². The third-order valence-electron chi connectivity index (χ3n) is 2.77. The van der Waals surface area contributed by atoms with Crippen LogP contribution in [0.4, 0.5) is 8.78 Å². The lowest BCUT2D eigenvalue weighted by atomic mass is 10.0. The molecule has 0 atom stereocenters. The number of rotatable bonds is 4. The lowest BCUT2D eigenvalue weighted by molar-refractivity contribution is 0.0385. The van der Waals surface area contributed by atoms with E-state index in [4.69, 9.17) is 0 Å². The van der Waals surface area contributed by atoms with Crippen LogP contribution in [0.1, 0.15) is 15.9 Å². The molecule has 0 saturated heterocycles. The highest BCUT2D eigenvalue weighted by Gasteiger charge is 2.37. The molecule has 0 aliphatic carbocycles. The predicted octanol–water partition coefficient (Wildman–Crippen LogP) is 5.74. The zero-order valence-corrected chi connectivity index (χ0v) is 14.4. The third kappa shape index (κ3) is 4.20. The maximum Gasteiger partial charge on any atom is 0.329 e. The molecule has 108 valence electrons. The van der Waals surface area contributed by atoms with E-state index in [0.29, 0.717) is 15.2 Å². The second kappa shape index (κ2) is 6.79. The summed E-state index contributed by atoms with van der Waals surface area (Å²) >= 11 is 5.02. The van der Waals surface area contributed by atoms with Crippen molar-refractivity contribution in [1.29, 1.82) is 0 Å². The highest BCUT2D eigenvalue weighted by atomic mass is 127. The van der Waals surface area contributed by atoms with E-state index >= 15 is 0 Å². The number of benzene rings is 2. The smallest absolute Gasteiger partial charge is 0.287 e. The van der Waals surface area contributed by atoms with Crippen LogP contribution in [0, 0.1) is 0 Å². The highest BCUT2D eigenvalue weighted by Crippen LogP contribution is 2.30. The van der Waals surface area contributed by atoms with Crippen LogP contribution in [0.2, 0.25) is 0 Å². The minimum Gasteiger partial charge on any atom is -0.287 e. The summed E-state index contributed by atoms with van der Waals surface area (Å²) < 4.78 is 29.3. The molecule has 21 heavy (non-hydrogen) atoms. The second-order valence-corrected chi connectivity index (χ2v) is 6.40. The number of hydrogen-bond donors (Lipinski definition) is 0. The van der Waals surface area contributed by atoms with Gasteiger partial charge in [0.1, 0.15) is 0 Å². The van der Waals surface area contributed by atoms with Gasteiger partial charge in [0.25, 0.3) is 0 Å². The first-order chi connectivity index (χ1) is 9.90. The summed E-state index contributed by atoms with van der Waals surface area (Å²) in [6.45, 7) is 0. The van der Waals surface area contributed by atoms with Crippen LogP contribution < -0.4 is 0 Å². The molecule has 2 rings (SSSR count). The van der Waals surface area contributed by atoms with Gasteiger partial charge in [0, 0.05) is 19.7 Å². The van der Waals surface area contributed by atoms with Crippen LogP contribution in [0.5, 0.6) is 0 Å². The molecule has 0 N–H and O–H groups in total. The van der Waals surface area contributed by atoms with Crippen LogP contribution in [0.25, 0.3) is 3.58 Å². The Balaban J connectivity index is 2.29. The van der Waals surface area contributed by atoms with E-state index in [1.54, 1.807) is 42.5 Å². The molecule has 0 amide bonds. The molecule has 1 nitrogen and oxygen atoms in total. The summed E-state index contributed by atoms with van der Waals surface area (Å²) in [5.41, 5.74) is 0.637. The average Bonchev–Trinajstić information content (AvgIpc) is 2.48. The fourth-order valence-corrected chi connectivity index (χ4v) is 2.71. The van der Waals surface area contributed by atoms with Crippen molar-refractivity contribution in [1.82, 2.24) is 0 Å². The molecule has 2 aromatic rings. The third-order valence-corrected chi connectivity index (χ3v) is 4.23. The van der Waals surface area contributed by atoms with Gasteiger partial charge in [0.2, 0.25) is 5.78 Å². The molecule has 0 spiro atoms. The molecule has 0 aliphatic rings. The van der Waals surface area contributed by atoms with Crippen molar-refractivity contribution in [3.63, 3.8) is 0 Å². The Morgan fingerprint density at radius 2 is 1.57 bits per heavy atom. The molecule has 0 fully saturated rings. The molecular weight excluding hydrogens is 453 g/mol. The number of hydrogen-bond acceptors (Lipinski definition) is 1. The fraction of sp³-hybridized carbons (Fsp3) is 0.0625. The summed E-state index contributed by atoms with van der Waals surface area (Å²) in [5.74, 6) is -4.75. The fourth-order valence-electron chi connectivity index (χ4n) is 1.70. The van der Waals surface area contributed by atoms with Gasteiger partial charge in [-0.2, -0.15) is 8.78 Å². The lowest BCUT2D eigenvalue weighted by Gasteiger charge is -2.12. The number of Topliss-reactive ketones (excluding diaryl/α,β-unsaturated/α-hetero) is 1.